The van der Waals surface area contributed by atoms with Gasteiger partial charge in [-0.25, -0.2) is 0 Å². The molecule has 2 nitrogen and oxygen atoms in total. The minimum Gasteiger partial charge on any atom is -0.315 e. The van der Waals surface area contributed by atoms with Crippen LogP contribution in [0.1, 0.15) is 58.3 Å². The molecular weight excluding hydrogens is 208 g/mol. The van der Waals surface area contributed by atoms with Gasteiger partial charge in [-0.1, -0.05) is 32.6 Å². The summed E-state index contributed by atoms with van der Waals surface area (Å²) in [7, 11) is 0. The van der Waals surface area contributed by atoms with Gasteiger partial charge in [-0.2, -0.15) is 0 Å². The van der Waals surface area contributed by atoms with E-state index < -0.39 is 0 Å². The predicted octanol–water partition coefficient (Wildman–Crippen LogP) is 3.03. The number of hydrogen-bond acceptors (Lipinski definition) is 2. The molecule has 0 radical (unpaired) electrons. The number of nitrogens with zero attached hydrogens (tertiary/aromatic N) is 1. The summed E-state index contributed by atoms with van der Waals surface area (Å²) in [5.41, 5.74) is 0. The summed E-state index contributed by atoms with van der Waals surface area (Å²) in [6.45, 7) is 7.27. The monoisotopic (exact) mass is 238 g/mol. The predicted molar refractivity (Wildman–Crippen MR) is 74.3 cm³/mol. The molecular formula is C15H30N2. The van der Waals surface area contributed by atoms with E-state index in [0.29, 0.717) is 0 Å². The van der Waals surface area contributed by atoms with Crippen LogP contribution in [0, 0.1) is 5.92 Å². The second-order valence-corrected chi connectivity index (χ2v) is 5.92. The summed E-state index contributed by atoms with van der Waals surface area (Å²) in [5, 5.41) is 3.67. The van der Waals surface area contributed by atoms with Crippen molar-refractivity contribution in [3.05, 3.63) is 0 Å². The quantitative estimate of drug-likeness (QED) is 0.686. The maximum absolute atomic E-state index is 3.67. The van der Waals surface area contributed by atoms with Crippen LogP contribution in [-0.2, 0) is 0 Å². The van der Waals surface area contributed by atoms with Crippen LogP contribution < -0.4 is 5.32 Å². The molecule has 0 aromatic heterocycles. The van der Waals surface area contributed by atoms with Crippen LogP contribution in [0.15, 0.2) is 0 Å². The van der Waals surface area contributed by atoms with E-state index in [1.54, 1.807) is 0 Å². The van der Waals surface area contributed by atoms with Crippen molar-refractivity contribution in [2.75, 3.05) is 26.2 Å². The Labute approximate surface area is 107 Å². The molecule has 0 aliphatic heterocycles. The van der Waals surface area contributed by atoms with Crippen molar-refractivity contribution in [1.82, 2.24) is 10.2 Å². The topological polar surface area (TPSA) is 15.3 Å². The second-order valence-electron chi connectivity index (χ2n) is 5.92. The Hall–Kier alpha value is -0.0800. The Kier molecular flexibility index (Phi) is 5.79. The van der Waals surface area contributed by atoms with Crippen LogP contribution in [0.5, 0.6) is 0 Å². The molecule has 0 aromatic rings. The van der Waals surface area contributed by atoms with Crippen molar-refractivity contribution < 1.29 is 0 Å². The lowest BCUT2D eigenvalue weighted by molar-refractivity contribution is 0.208. The van der Waals surface area contributed by atoms with Crippen molar-refractivity contribution in [1.29, 1.82) is 0 Å². The highest BCUT2D eigenvalue weighted by Gasteiger charge is 2.20. The highest BCUT2D eigenvalue weighted by Crippen LogP contribution is 2.24. The summed E-state index contributed by atoms with van der Waals surface area (Å²) < 4.78 is 0. The highest BCUT2D eigenvalue weighted by atomic mass is 15.2. The van der Waals surface area contributed by atoms with E-state index in [1.807, 2.05) is 0 Å². The molecule has 2 fully saturated rings. The smallest absolute Gasteiger partial charge is 0.0110 e. The van der Waals surface area contributed by atoms with Crippen LogP contribution in [-0.4, -0.2) is 37.1 Å². The average Bonchev–Trinajstić information content (AvgIpc) is 3.01. The third kappa shape index (κ3) is 4.26. The second kappa shape index (κ2) is 7.38. The van der Waals surface area contributed by atoms with Gasteiger partial charge in [-0.3, -0.25) is 4.90 Å². The van der Waals surface area contributed by atoms with Gasteiger partial charge in [-0.15, -0.1) is 0 Å². The van der Waals surface area contributed by atoms with Crippen LogP contribution in [0.4, 0.5) is 0 Å². The van der Waals surface area contributed by atoms with Gasteiger partial charge in [0.25, 0.3) is 0 Å². The molecule has 0 atom stereocenters. The summed E-state index contributed by atoms with van der Waals surface area (Å²) in [4.78, 5) is 2.69. The van der Waals surface area contributed by atoms with E-state index in [1.165, 1.54) is 77.5 Å². The summed E-state index contributed by atoms with van der Waals surface area (Å²) in [6.07, 6.45) is 11.7. The molecule has 2 rings (SSSR count). The number of likely N-dealkylation sites (N-methyl/N-ethyl adjacent to an activating group) is 1. The normalized spacial score (nSPS) is 22.9. The van der Waals surface area contributed by atoms with E-state index in [9.17, 15) is 0 Å². The molecule has 0 unspecified atom stereocenters. The Bertz CT molecular complexity index is 193. The largest absolute Gasteiger partial charge is 0.315 e. The van der Waals surface area contributed by atoms with Gasteiger partial charge in [0.15, 0.2) is 0 Å². The molecule has 0 aromatic carbocycles. The molecule has 2 aliphatic rings. The van der Waals surface area contributed by atoms with Gasteiger partial charge in [0.05, 0.1) is 0 Å². The summed E-state index contributed by atoms with van der Waals surface area (Å²) in [6, 6.07) is 0.897. The SMILES string of the molecule is CCN(CCNCC1CCCC1)C1CCCC1. The first-order chi connectivity index (χ1) is 8.40. The molecule has 100 valence electrons. The molecule has 0 spiro atoms. The van der Waals surface area contributed by atoms with Gasteiger partial charge in [0.2, 0.25) is 0 Å². The Morgan fingerprint density at radius 1 is 1.00 bits per heavy atom. The Morgan fingerprint density at radius 3 is 2.29 bits per heavy atom. The number of nitrogens with one attached hydrogen (secondary N) is 1. The third-order valence-corrected chi connectivity index (χ3v) is 4.73. The van der Waals surface area contributed by atoms with Crippen LogP contribution in [0.3, 0.4) is 0 Å². The van der Waals surface area contributed by atoms with Gasteiger partial charge >= 0.3 is 0 Å². The standard InChI is InChI=1S/C15H30N2/c1-2-17(15-9-5-6-10-15)12-11-16-13-14-7-3-4-8-14/h14-16H,2-13H2,1H3. The number of rotatable bonds is 7. The molecule has 2 saturated carbocycles. The van der Waals surface area contributed by atoms with E-state index in [2.05, 4.69) is 17.1 Å². The number of hydrogen-bond donors (Lipinski definition) is 1. The molecule has 0 bridgehead atoms. The molecule has 1 N–H and O–H groups in total. The van der Waals surface area contributed by atoms with Crippen LogP contribution in [0.2, 0.25) is 0 Å². The summed E-state index contributed by atoms with van der Waals surface area (Å²) in [5.74, 6) is 0.983. The minimum absolute atomic E-state index is 0.897. The minimum atomic E-state index is 0.897. The molecule has 0 heterocycles. The first kappa shape index (κ1) is 13.4. The average molecular weight is 238 g/mol. The first-order valence-electron chi connectivity index (χ1n) is 7.85. The van der Waals surface area contributed by atoms with Crippen LogP contribution >= 0.6 is 0 Å². The zero-order chi connectivity index (χ0) is 11.9. The van der Waals surface area contributed by atoms with Crippen molar-refractivity contribution in [2.24, 2.45) is 5.92 Å². The van der Waals surface area contributed by atoms with E-state index in [0.717, 1.165) is 12.0 Å². The Balaban J connectivity index is 1.55. The highest BCUT2D eigenvalue weighted by molar-refractivity contribution is 4.77. The molecule has 0 amide bonds. The van der Waals surface area contributed by atoms with Gasteiger partial charge < -0.3 is 5.32 Å². The lowest BCUT2D eigenvalue weighted by Gasteiger charge is -2.27. The Morgan fingerprint density at radius 2 is 1.65 bits per heavy atom. The lowest BCUT2D eigenvalue weighted by Crippen LogP contribution is -2.39. The van der Waals surface area contributed by atoms with Crippen molar-refractivity contribution in [2.45, 2.75) is 64.3 Å². The third-order valence-electron chi connectivity index (χ3n) is 4.73. The van der Waals surface area contributed by atoms with E-state index in [-0.39, 0.29) is 0 Å². The fourth-order valence-electron chi connectivity index (χ4n) is 3.61. The fourth-order valence-corrected chi connectivity index (χ4v) is 3.61. The lowest BCUT2D eigenvalue weighted by atomic mass is 10.1. The molecule has 2 heteroatoms. The van der Waals surface area contributed by atoms with Gasteiger partial charge in [-0.05, 0) is 44.7 Å². The van der Waals surface area contributed by atoms with Crippen molar-refractivity contribution in [3.8, 4) is 0 Å². The summed E-state index contributed by atoms with van der Waals surface area (Å²) >= 11 is 0. The maximum atomic E-state index is 3.67. The van der Waals surface area contributed by atoms with Crippen molar-refractivity contribution in [3.63, 3.8) is 0 Å². The molecule has 2 aliphatic carbocycles. The zero-order valence-electron chi connectivity index (χ0n) is 11.6. The molecule has 17 heavy (non-hydrogen) atoms. The van der Waals surface area contributed by atoms with Crippen LogP contribution in [0.25, 0.3) is 0 Å². The molecule has 0 saturated heterocycles. The maximum Gasteiger partial charge on any atom is 0.0110 e. The first-order valence-corrected chi connectivity index (χ1v) is 7.85. The van der Waals surface area contributed by atoms with Crippen molar-refractivity contribution >= 4 is 0 Å². The van der Waals surface area contributed by atoms with E-state index >= 15 is 0 Å². The van der Waals surface area contributed by atoms with Gasteiger partial charge in [0, 0.05) is 19.1 Å². The zero-order valence-corrected chi connectivity index (χ0v) is 11.6. The fraction of sp³-hybridized carbons (Fsp3) is 1.00. The van der Waals surface area contributed by atoms with Gasteiger partial charge in [0.1, 0.15) is 0 Å². The van der Waals surface area contributed by atoms with E-state index in [4.69, 9.17) is 0 Å².